The second-order valence-electron chi connectivity index (χ2n) is 5.86. The summed E-state index contributed by atoms with van der Waals surface area (Å²) in [6, 6.07) is 6.44. The number of rotatable bonds is 4. The molecule has 0 aromatic heterocycles. The summed E-state index contributed by atoms with van der Waals surface area (Å²) >= 11 is 5.92. The molecular weight excluding hydrogens is 270 g/mol. The molecule has 3 heteroatoms. The highest BCUT2D eigenvalue weighted by molar-refractivity contribution is 6.18. The third-order valence-corrected chi connectivity index (χ3v) is 4.24. The Morgan fingerprint density at radius 2 is 1.75 bits per heavy atom. The summed E-state index contributed by atoms with van der Waals surface area (Å²) in [7, 11) is 0. The molecule has 0 saturated heterocycles. The van der Waals surface area contributed by atoms with E-state index in [1.807, 2.05) is 30.9 Å². The largest absolute Gasteiger partial charge is 0.334 e. The van der Waals surface area contributed by atoms with Crippen molar-refractivity contribution in [2.45, 2.75) is 52.0 Å². The third kappa shape index (κ3) is 3.76. The summed E-state index contributed by atoms with van der Waals surface area (Å²) in [6.45, 7) is 4.73. The van der Waals surface area contributed by atoms with E-state index in [4.69, 9.17) is 11.6 Å². The van der Waals surface area contributed by atoms with Gasteiger partial charge in [-0.3, -0.25) is 4.79 Å². The molecule has 2 rings (SSSR count). The Balaban J connectivity index is 2.20. The Morgan fingerprint density at radius 3 is 2.30 bits per heavy atom. The number of halogens is 1. The second kappa shape index (κ2) is 7.12. The third-order valence-electron chi connectivity index (χ3n) is 4.07. The fourth-order valence-corrected chi connectivity index (χ4v) is 3.38. The van der Waals surface area contributed by atoms with Gasteiger partial charge in [0.2, 0.25) is 0 Å². The van der Waals surface area contributed by atoms with Crippen molar-refractivity contribution in [3.8, 4) is 0 Å². The molecule has 0 radical (unpaired) electrons. The lowest BCUT2D eigenvalue weighted by Gasteiger charge is -2.34. The van der Waals surface area contributed by atoms with Crippen LogP contribution in [0.25, 0.3) is 0 Å². The van der Waals surface area contributed by atoms with Crippen LogP contribution in [-0.2, 0) is 0 Å². The number of hydrogen-bond donors (Lipinski definition) is 0. The first kappa shape index (κ1) is 15.4. The minimum atomic E-state index is 0.143. The first-order valence-electron chi connectivity index (χ1n) is 7.57. The molecule has 1 saturated carbocycles. The molecule has 1 amide bonds. The highest BCUT2D eigenvalue weighted by Crippen LogP contribution is 2.24. The Hall–Kier alpha value is -1.02. The highest BCUT2D eigenvalue weighted by atomic mass is 35.5. The molecule has 2 nitrogen and oxygen atoms in total. The maximum absolute atomic E-state index is 12.8. The van der Waals surface area contributed by atoms with Gasteiger partial charge in [-0.05, 0) is 38.8 Å². The molecule has 0 unspecified atom stereocenters. The summed E-state index contributed by atoms with van der Waals surface area (Å²) in [5.41, 5.74) is 3.09. The van der Waals surface area contributed by atoms with Gasteiger partial charge in [0.25, 0.3) is 5.91 Å². The lowest BCUT2D eigenvalue weighted by Crippen LogP contribution is -2.42. The van der Waals surface area contributed by atoms with Gasteiger partial charge in [0.1, 0.15) is 0 Å². The summed E-state index contributed by atoms with van der Waals surface area (Å²) in [5, 5.41) is 0. The number of hydrogen-bond acceptors (Lipinski definition) is 1. The Morgan fingerprint density at radius 1 is 1.15 bits per heavy atom. The van der Waals surface area contributed by atoms with Crippen LogP contribution >= 0.6 is 11.6 Å². The quantitative estimate of drug-likeness (QED) is 0.757. The van der Waals surface area contributed by atoms with E-state index in [1.54, 1.807) is 0 Å². The summed E-state index contributed by atoms with van der Waals surface area (Å²) < 4.78 is 0. The van der Waals surface area contributed by atoms with E-state index in [2.05, 4.69) is 6.07 Å². The van der Waals surface area contributed by atoms with Crippen LogP contribution in [0.1, 0.15) is 53.6 Å². The fraction of sp³-hybridized carbons (Fsp3) is 0.588. The second-order valence-corrected chi connectivity index (χ2v) is 6.23. The van der Waals surface area contributed by atoms with E-state index in [1.165, 1.54) is 19.3 Å². The van der Waals surface area contributed by atoms with Crippen LogP contribution in [0.15, 0.2) is 18.2 Å². The van der Waals surface area contributed by atoms with Crippen molar-refractivity contribution in [3.05, 3.63) is 34.9 Å². The van der Waals surface area contributed by atoms with E-state index in [9.17, 15) is 4.79 Å². The Kier molecular flexibility index (Phi) is 5.47. The molecule has 1 aromatic rings. The van der Waals surface area contributed by atoms with Gasteiger partial charge in [-0.15, -0.1) is 11.6 Å². The van der Waals surface area contributed by atoms with Crippen LogP contribution in [0, 0.1) is 13.8 Å². The maximum Gasteiger partial charge on any atom is 0.254 e. The number of carbonyl (C=O) groups excluding carboxylic acids is 1. The molecule has 0 aliphatic heterocycles. The minimum Gasteiger partial charge on any atom is -0.334 e. The van der Waals surface area contributed by atoms with Crippen molar-refractivity contribution in [1.82, 2.24) is 4.90 Å². The zero-order valence-electron chi connectivity index (χ0n) is 12.5. The summed E-state index contributed by atoms with van der Waals surface area (Å²) in [6.07, 6.45) is 5.98. The summed E-state index contributed by atoms with van der Waals surface area (Å²) in [5.74, 6) is 0.650. The van der Waals surface area contributed by atoms with Crippen molar-refractivity contribution < 1.29 is 4.79 Å². The SMILES string of the molecule is Cc1cc(C)cc(C(=O)N(CCCl)C2CCCCC2)c1. The monoisotopic (exact) mass is 293 g/mol. The molecule has 110 valence electrons. The fourth-order valence-electron chi connectivity index (χ4n) is 3.20. The van der Waals surface area contributed by atoms with Crippen LogP contribution in [0.5, 0.6) is 0 Å². The highest BCUT2D eigenvalue weighted by Gasteiger charge is 2.25. The van der Waals surface area contributed by atoms with Gasteiger partial charge in [-0.1, -0.05) is 36.5 Å². The molecule has 0 N–H and O–H groups in total. The molecule has 0 atom stereocenters. The van der Waals surface area contributed by atoms with Gasteiger partial charge >= 0.3 is 0 Å². The first-order chi connectivity index (χ1) is 9.61. The van der Waals surface area contributed by atoms with Gasteiger partial charge < -0.3 is 4.90 Å². The Bertz CT molecular complexity index is 446. The molecule has 1 aromatic carbocycles. The molecule has 0 spiro atoms. The zero-order valence-corrected chi connectivity index (χ0v) is 13.2. The van der Waals surface area contributed by atoms with Gasteiger partial charge in [0, 0.05) is 24.0 Å². The average molecular weight is 294 g/mol. The van der Waals surface area contributed by atoms with Crippen molar-refractivity contribution in [3.63, 3.8) is 0 Å². The van der Waals surface area contributed by atoms with E-state index < -0.39 is 0 Å². The first-order valence-corrected chi connectivity index (χ1v) is 8.10. The molecule has 0 bridgehead atoms. The van der Waals surface area contributed by atoms with Gasteiger partial charge in [0.15, 0.2) is 0 Å². The predicted molar refractivity (Wildman–Crippen MR) is 84.5 cm³/mol. The van der Waals surface area contributed by atoms with Gasteiger partial charge in [0.05, 0.1) is 0 Å². The van der Waals surface area contributed by atoms with E-state index >= 15 is 0 Å². The zero-order chi connectivity index (χ0) is 14.5. The number of amides is 1. The standard InChI is InChI=1S/C17H24ClNO/c1-13-10-14(2)12-15(11-13)17(20)19(9-8-18)16-6-4-3-5-7-16/h10-12,16H,3-9H2,1-2H3. The minimum absolute atomic E-state index is 0.143. The van der Waals surface area contributed by atoms with Crippen LogP contribution in [0.2, 0.25) is 0 Å². The van der Waals surface area contributed by atoms with Crippen LogP contribution in [0.3, 0.4) is 0 Å². The number of carbonyl (C=O) groups is 1. The van der Waals surface area contributed by atoms with Crippen LogP contribution in [-0.4, -0.2) is 29.3 Å². The van der Waals surface area contributed by atoms with E-state index in [-0.39, 0.29) is 5.91 Å². The predicted octanol–water partition coefficient (Wildman–Crippen LogP) is 4.32. The molecule has 1 aliphatic carbocycles. The van der Waals surface area contributed by atoms with Crippen LogP contribution in [0.4, 0.5) is 0 Å². The topological polar surface area (TPSA) is 20.3 Å². The number of benzene rings is 1. The lowest BCUT2D eigenvalue weighted by molar-refractivity contribution is 0.0649. The smallest absolute Gasteiger partial charge is 0.254 e. The average Bonchev–Trinajstić information content (AvgIpc) is 2.44. The molecular formula is C17H24ClNO. The number of aryl methyl sites for hydroxylation is 2. The van der Waals surface area contributed by atoms with Crippen LogP contribution < -0.4 is 0 Å². The maximum atomic E-state index is 12.8. The normalized spacial score (nSPS) is 16.1. The van der Waals surface area contributed by atoms with Crippen molar-refractivity contribution in [2.75, 3.05) is 12.4 Å². The van der Waals surface area contributed by atoms with Gasteiger partial charge in [-0.25, -0.2) is 0 Å². The number of nitrogens with zero attached hydrogens (tertiary/aromatic N) is 1. The molecule has 1 aliphatic rings. The number of alkyl halides is 1. The summed E-state index contributed by atoms with van der Waals surface area (Å²) in [4.78, 5) is 14.8. The molecule has 20 heavy (non-hydrogen) atoms. The molecule has 1 fully saturated rings. The Labute approximate surface area is 127 Å². The lowest BCUT2D eigenvalue weighted by atomic mass is 9.93. The van der Waals surface area contributed by atoms with Crippen molar-refractivity contribution in [2.24, 2.45) is 0 Å². The van der Waals surface area contributed by atoms with Crippen molar-refractivity contribution >= 4 is 17.5 Å². The van der Waals surface area contributed by atoms with E-state index in [0.29, 0.717) is 18.5 Å². The van der Waals surface area contributed by atoms with E-state index in [0.717, 1.165) is 29.5 Å². The molecule has 0 heterocycles. The van der Waals surface area contributed by atoms with Crippen molar-refractivity contribution in [1.29, 1.82) is 0 Å². The van der Waals surface area contributed by atoms with Gasteiger partial charge in [-0.2, -0.15) is 0 Å².